The van der Waals surface area contributed by atoms with Gasteiger partial charge >= 0.3 is 5.97 Å². The molecule has 1 N–H and O–H groups in total. The van der Waals surface area contributed by atoms with Gasteiger partial charge in [-0.25, -0.2) is 10.0 Å². The third-order valence-electron chi connectivity index (χ3n) is 2.63. The highest BCUT2D eigenvalue weighted by Gasteiger charge is 2.22. The van der Waals surface area contributed by atoms with E-state index in [1.54, 1.807) is 12.1 Å². The van der Waals surface area contributed by atoms with Gasteiger partial charge in [0.05, 0.1) is 0 Å². The number of hydrogen-bond donors (Lipinski definition) is 1. The summed E-state index contributed by atoms with van der Waals surface area (Å²) in [5, 5.41) is 9.00. The molecule has 2 aromatic rings. The molecule has 21 heavy (non-hydrogen) atoms. The van der Waals surface area contributed by atoms with Crippen LogP contribution in [0.2, 0.25) is 0 Å². The third-order valence-corrected chi connectivity index (χ3v) is 4.59. The topological polar surface area (TPSA) is 82.0 Å². The maximum absolute atomic E-state index is 13.8. The van der Waals surface area contributed by atoms with E-state index in [1.807, 2.05) is 0 Å². The van der Waals surface area contributed by atoms with Gasteiger partial charge in [0, 0.05) is 15.2 Å². The number of ether oxygens (including phenoxy) is 1. The molecule has 0 spiro atoms. The van der Waals surface area contributed by atoms with Gasteiger partial charge in [-0.15, -0.1) is 11.3 Å². The average molecular weight is 327 g/mol. The normalized spacial score (nSPS) is 13.2. The lowest BCUT2D eigenvalue weighted by Gasteiger charge is -2.02. The molecule has 0 saturated carbocycles. The number of benzene rings is 1. The van der Waals surface area contributed by atoms with Crippen molar-refractivity contribution in [3.05, 3.63) is 47.4 Å². The molecule has 0 bridgehead atoms. The van der Waals surface area contributed by atoms with Crippen molar-refractivity contribution in [1.29, 1.82) is 0 Å². The van der Waals surface area contributed by atoms with Gasteiger partial charge in [0.2, 0.25) is 7.94 Å². The zero-order valence-electron chi connectivity index (χ0n) is 10.7. The standard InChI is InChI=1S/C13H11FNO4PS/c1-2-5-19-13(16)11-7-9-6-8(3-4-10(9)21-11)12(14)20(18)15-17/h2-4,6-7,12,17H,1,5H2. The molecule has 2 atom stereocenters. The van der Waals surface area contributed by atoms with Crippen molar-refractivity contribution in [2.75, 3.05) is 6.61 Å². The number of esters is 1. The number of nitrogens with zero attached hydrogens (tertiary/aromatic N) is 1. The van der Waals surface area contributed by atoms with Gasteiger partial charge < -0.3 is 9.63 Å². The van der Waals surface area contributed by atoms with E-state index in [4.69, 9.17) is 9.94 Å². The number of fused-ring (bicyclic) bond motifs is 1. The van der Waals surface area contributed by atoms with Gasteiger partial charge in [-0.05, 0) is 23.6 Å². The first-order chi connectivity index (χ1) is 10.1. The summed E-state index contributed by atoms with van der Waals surface area (Å²) >= 11 is 1.21. The van der Waals surface area contributed by atoms with Crippen molar-refractivity contribution in [3.8, 4) is 0 Å². The average Bonchev–Trinajstić information content (AvgIpc) is 2.94. The maximum atomic E-state index is 13.8. The number of thiophene rings is 1. The molecule has 5 nitrogen and oxygen atoms in total. The lowest BCUT2D eigenvalue weighted by atomic mass is 10.2. The first-order valence-corrected chi connectivity index (χ1v) is 7.93. The van der Waals surface area contributed by atoms with Crippen LogP contribution >= 0.6 is 19.3 Å². The second kappa shape index (κ2) is 6.87. The molecule has 0 aliphatic heterocycles. The molecule has 110 valence electrons. The molecule has 0 saturated heterocycles. The van der Waals surface area contributed by atoms with Gasteiger partial charge in [-0.2, -0.15) is 4.39 Å². The number of carbonyl (C=O) groups excluding carboxylic acids is 1. The van der Waals surface area contributed by atoms with Crippen LogP contribution in [0.5, 0.6) is 0 Å². The summed E-state index contributed by atoms with van der Waals surface area (Å²) in [5.41, 5.74) is 0.130. The minimum Gasteiger partial charge on any atom is -0.607 e. The Morgan fingerprint density at radius 1 is 1.62 bits per heavy atom. The van der Waals surface area contributed by atoms with Crippen LogP contribution in [0, 0.1) is 0 Å². The molecule has 2 unspecified atom stereocenters. The van der Waals surface area contributed by atoms with Crippen LogP contribution in [0.1, 0.15) is 21.1 Å². The van der Waals surface area contributed by atoms with Crippen LogP contribution in [-0.4, -0.2) is 17.8 Å². The summed E-state index contributed by atoms with van der Waals surface area (Å²) in [6.45, 7) is 3.57. The molecule has 1 aromatic heterocycles. The van der Waals surface area contributed by atoms with Crippen molar-refractivity contribution in [1.82, 2.24) is 0 Å². The number of hydrogen-bond acceptors (Lipinski definition) is 5. The summed E-state index contributed by atoms with van der Waals surface area (Å²) < 4.78 is 19.4. The summed E-state index contributed by atoms with van der Waals surface area (Å²) in [7, 11) is -2.72. The molecule has 2 rings (SSSR count). The Morgan fingerprint density at radius 3 is 3.05 bits per heavy atom. The number of rotatable bonds is 5. The van der Waals surface area contributed by atoms with Gasteiger partial charge in [0.15, 0.2) is 0 Å². The smallest absolute Gasteiger partial charge is 0.348 e. The van der Waals surface area contributed by atoms with E-state index in [1.165, 1.54) is 29.5 Å². The molecule has 1 aromatic carbocycles. The summed E-state index contributed by atoms with van der Waals surface area (Å²) in [4.78, 5) is 25.7. The van der Waals surface area contributed by atoms with Crippen molar-refractivity contribution < 1.29 is 24.0 Å². The van der Waals surface area contributed by atoms with Crippen molar-refractivity contribution >= 4 is 35.3 Å². The zero-order chi connectivity index (χ0) is 15.4. The molecule has 8 heteroatoms. The number of alkyl halides is 1. The van der Waals surface area contributed by atoms with Crippen LogP contribution < -0.4 is 4.89 Å². The predicted octanol–water partition coefficient (Wildman–Crippen LogP) is 3.54. The second-order valence-corrected chi connectivity index (χ2v) is 6.34. The van der Waals surface area contributed by atoms with E-state index < -0.39 is 19.8 Å². The minimum absolute atomic E-state index is 0.114. The largest absolute Gasteiger partial charge is 0.607 e. The highest BCUT2D eigenvalue weighted by Crippen LogP contribution is 2.39. The quantitative estimate of drug-likeness (QED) is 0.394. The molecular formula is C13H11FNO4PS. The van der Waals surface area contributed by atoms with E-state index in [9.17, 15) is 14.1 Å². The molecule has 0 amide bonds. The SMILES string of the molecule is C=CCOC(=O)c1cc2cc(C(F)/[P+]([O-])=N/O)ccc2s1. The Balaban J connectivity index is 2.32. The summed E-state index contributed by atoms with van der Waals surface area (Å²) in [6.07, 6.45) is 1.46. The van der Waals surface area contributed by atoms with Gasteiger partial charge in [0.25, 0.3) is 5.91 Å². The predicted molar refractivity (Wildman–Crippen MR) is 77.3 cm³/mol. The van der Waals surface area contributed by atoms with Crippen molar-refractivity contribution in [3.63, 3.8) is 0 Å². The molecule has 0 radical (unpaired) electrons. The van der Waals surface area contributed by atoms with Crippen molar-refractivity contribution in [2.24, 2.45) is 4.91 Å². The number of halogens is 1. The van der Waals surface area contributed by atoms with E-state index in [2.05, 4.69) is 11.5 Å². The van der Waals surface area contributed by atoms with Gasteiger partial charge in [-0.3, -0.25) is 0 Å². The molecule has 0 fully saturated rings. The Morgan fingerprint density at radius 2 is 2.38 bits per heavy atom. The Hall–Kier alpha value is -1.66. The van der Waals surface area contributed by atoms with Crippen LogP contribution in [0.25, 0.3) is 10.1 Å². The summed E-state index contributed by atoms with van der Waals surface area (Å²) in [5.74, 6) is -2.36. The lowest BCUT2D eigenvalue weighted by Crippen LogP contribution is -2.02. The van der Waals surface area contributed by atoms with Crippen LogP contribution in [0.3, 0.4) is 0 Å². The van der Waals surface area contributed by atoms with Crippen LogP contribution in [0.4, 0.5) is 4.39 Å². The Bertz CT molecular complexity index is 715. The summed E-state index contributed by atoms with van der Waals surface area (Å²) in [6, 6.07) is 6.11. The molecule has 1 heterocycles. The van der Waals surface area contributed by atoms with E-state index in [0.29, 0.717) is 10.3 Å². The highest BCUT2D eigenvalue weighted by atomic mass is 32.1. The van der Waals surface area contributed by atoms with Gasteiger partial charge in [-0.1, -0.05) is 18.7 Å². The van der Waals surface area contributed by atoms with Crippen molar-refractivity contribution in [2.45, 2.75) is 5.91 Å². The fourth-order valence-corrected chi connectivity index (χ4v) is 3.13. The maximum Gasteiger partial charge on any atom is 0.348 e. The fraction of sp³-hybridized carbons (Fsp3) is 0.154. The number of carbonyl (C=O) groups is 1. The Labute approximate surface area is 124 Å². The monoisotopic (exact) mass is 327 g/mol. The van der Waals surface area contributed by atoms with Crippen LogP contribution in [-0.2, 0) is 4.74 Å². The minimum atomic E-state index is -2.72. The molecule has 0 aliphatic carbocycles. The zero-order valence-corrected chi connectivity index (χ0v) is 12.4. The molecular weight excluding hydrogens is 316 g/mol. The first kappa shape index (κ1) is 15.7. The van der Waals surface area contributed by atoms with Gasteiger partial charge in [0.1, 0.15) is 11.5 Å². The fourth-order valence-electron chi connectivity index (χ4n) is 1.69. The van der Waals surface area contributed by atoms with Crippen LogP contribution in [0.15, 0.2) is 41.8 Å². The van der Waals surface area contributed by atoms with E-state index >= 15 is 0 Å². The highest BCUT2D eigenvalue weighted by molar-refractivity contribution is 7.39. The van der Waals surface area contributed by atoms with E-state index in [0.717, 1.165) is 4.70 Å². The van der Waals surface area contributed by atoms with E-state index in [-0.39, 0.29) is 12.2 Å². The molecule has 0 aliphatic rings. The lowest BCUT2D eigenvalue weighted by molar-refractivity contribution is -0.162. The Kier molecular flexibility index (Phi) is 5.14. The third kappa shape index (κ3) is 3.51. The second-order valence-electron chi connectivity index (χ2n) is 4.02. The first-order valence-electron chi connectivity index (χ1n) is 5.83.